The third kappa shape index (κ3) is 3.49. The molecule has 110 valence electrons. The fraction of sp³-hybridized carbons (Fsp3) is 0.571. The van der Waals surface area contributed by atoms with Crippen molar-refractivity contribution >= 4 is 27.3 Å². The van der Waals surface area contributed by atoms with E-state index in [1.807, 2.05) is 0 Å². The van der Waals surface area contributed by atoms with Gasteiger partial charge in [-0.3, -0.25) is 10.1 Å². The Bertz CT molecular complexity index is 507. The smallest absolute Gasteiger partial charge is 0.274 e. The Morgan fingerprint density at radius 2 is 2.20 bits per heavy atom. The van der Waals surface area contributed by atoms with Gasteiger partial charge in [0.15, 0.2) is 0 Å². The molecule has 1 fully saturated rings. The number of methoxy groups -OCH3 is 1. The number of halogens is 1. The molecule has 0 bridgehead atoms. The minimum absolute atomic E-state index is 0.148. The Morgan fingerprint density at radius 3 is 2.85 bits per heavy atom. The van der Waals surface area contributed by atoms with E-state index in [0.29, 0.717) is 11.6 Å². The van der Waals surface area contributed by atoms with Crippen LogP contribution in [0.25, 0.3) is 0 Å². The predicted molar refractivity (Wildman–Crippen MR) is 82.2 cm³/mol. The first-order valence-electron chi connectivity index (χ1n) is 6.75. The van der Waals surface area contributed by atoms with Gasteiger partial charge in [0.1, 0.15) is 0 Å². The molecule has 0 spiro atoms. The van der Waals surface area contributed by atoms with Crippen LogP contribution < -0.4 is 5.32 Å². The number of aryl methyl sites for hydroxylation is 1. The van der Waals surface area contributed by atoms with Crippen LogP contribution in [-0.4, -0.2) is 24.2 Å². The highest BCUT2D eigenvalue weighted by atomic mass is 79.9. The maximum atomic E-state index is 11.0. The molecule has 0 saturated heterocycles. The van der Waals surface area contributed by atoms with Crippen LogP contribution in [0.1, 0.15) is 31.2 Å². The SMILES string of the molecule is COC1CCCC(Nc2cc([N+](=O)[O-])c(C)cc2Br)C1. The van der Waals surface area contributed by atoms with E-state index in [-0.39, 0.29) is 16.7 Å². The number of anilines is 1. The van der Waals surface area contributed by atoms with Crippen LogP contribution in [0.15, 0.2) is 16.6 Å². The molecular weight excluding hydrogens is 324 g/mol. The summed E-state index contributed by atoms with van der Waals surface area (Å²) in [4.78, 5) is 10.7. The minimum Gasteiger partial charge on any atom is -0.381 e. The number of rotatable bonds is 4. The van der Waals surface area contributed by atoms with Crippen molar-refractivity contribution in [3.63, 3.8) is 0 Å². The number of nitro benzene ring substituents is 1. The predicted octanol–water partition coefficient (Wildman–Crippen LogP) is 4.04. The van der Waals surface area contributed by atoms with Crippen molar-refractivity contribution in [3.05, 3.63) is 32.3 Å². The van der Waals surface area contributed by atoms with E-state index in [4.69, 9.17) is 4.74 Å². The Balaban J connectivity index is 2.16. The normalized spacial score (nSPS) is 22.6. The molecule has 1 N–H and O–H groups in total. The molecule has 0 heterocycles. The molecule has 0 radical (unpaired) electrons. The summed E-state index contributed by atoms with van der Waals surface area (Å²) >= 11 is 3.47. The van der Waals surface area contributed by atoms with Crippen molar-refractivity contribution < 1.29 is 9.66 Å². The van der Waals surface area contributed by atoms with Crippen molar-refractivity contribution in [2.24, 2.45) is 0 Å². The topological polar surface area (TPSA) is 64.4 Å². The second-order valence-electron chi connectivity index (χ2n) is 5.24. The molecule has 0 amide bonds. The first kappa shape index (κ1) is 15.3. The van der Waals surface area contributed by atoms with E-state index in [1.165, 1.54) is 0 Å². The quantitative estimate of drug-likeness (QED) is 0.662. The molecule has 1 aliphatic carbocycles. The van der Waals surface area contributed by atoms with E-state index in [2.05, 4.69) is 21.2 Å². The van der Waals surface area contributed by atoms with Crippen molar-refractivity contribution in [2.75, 3.05) is 12.4 Å². The number of nitrogens with zero attached hydrogens (tertiary/aromatic N) is 1. The van der Waals surface area contributed by atoms with Crippen molar-refractivity contribution in [3.8, 4) is 0 Å². The summed E-state index contributed by atoms with van der Waals surface area (Å²) < 4.78 is 6.27. The maximum absolute atomic E-state index is 11.0. The highest BCUT2D eigenvalue weighted by molar-refractivity contribution is 9.10. The second-order valence-corrected chi connectivity index (χ2v) is 6.10. The van der Waals surface area contributed by atoms with Gasteiger partial charge in [-0.05, 0) is 54.6 Å². The summed E-state index contributed by atoms with van der Waals surface area (Å²) in [7, 11) is 1.74. The summed E-state index contributed by atoms with van der Waals surface area (Å²) in [5, 5.41) is 14.4. The van der Waals surface area contributed by atoms with E-state index in [1.54, 1.807) is 26.2 Å². The van der Waals surface area contributed by atoms with Crippen LogP contribution >= 0.6 is 15.9 Å². The number of nitro groups is 1. The molecule has 0 aliphatic heterocycles. The lowest BCUT2D eigenvalue weighted by Crippen LogP contribution is -2.31. The molecule has 1 aromatic carbocycles. The van der Waals surface area contributed by atoms with Gasteiger partial charge in [0.05, 0.1) is 16.7 Å². The highest BCUT2D eigenvalue weighted by Gasteiger charge is 2.23. The Labute approximate surface area is 127 Å². The largest absolute Gasteiger partial charge is 0.381 e. The Hall–Kier alpha value is -1.14. The Kier molecular flexibility index (Phi) is 4.99. The molecule has 5 nitrogen and oxygen atoms in total. The molecule has 2 atom stereocenters. The second kappa shape index (κ2) is 6.54. The van der Waals surface area contributed by atoms with Gasteiger partial charge in [0.25, 0.3) is 5.69 Å². The summed E-state index contributed by atoms with van der Waals surface area (Å²) in [6.07, 6.45) is 4.48. The van der Waals surface area contributed by atoms with Crippen LogP contribution in [0.3, 0.4) is 0 Å². The first-order chi connectivity index (χ1) is 9.51. The van der Waals surface area contributed by atoms with Gasteiger partial charge < -0.3 is 10.1 Å². The standard InChI is InChI=1S/C14H19BrN2O3/c1-9-6-12(15)13(8-14(9)17(18)19)16-10-4-3-5-11(7-10)20-2/h6,8,10-11,16H,3-5,7H2,1-2H3. The van der Waals surface area contributed by atoms with Gasteiger partial charge in [-0.2, -0.15) is 0 Å². The summed E-state index contributed by atoms with van der Waals surface area (Å²) in [5.41, 5.74) is 1.59. The van der Waals surface area contributed by atoms with E-state index in [0.717, 1.165) is 35.8 Å². The monoisotopic (exact) mass is 342 g/mol. The summed E-state index contributed by atoms with van der Waals surface area (Å²) in [6, 6.07) is 3.69. The van der Waals surface area contributed by atoms with E-state index < -0.39 is 0 Å². The maximum Gasteiger partial charge on any atom is 0.274 e. The zero-order valence-corrected chi connectivity index (χ0v) is 13.3. The molecule has 2 rings (SSSR count). The van der Waals surface area contributed by atoms with Gasteiger partial charge >= 0.3 is 0 Å². The summed E-state index contributed by atoms with van der Waals surface area (Å²) in [6.45, 7) is 1.74. The molecule has 1 aromatic rings. The van der Waals surface area contributed by atoms with Gasteiger partial charge in [-0.1, -0.05) is 0 Å². The van der Waals surface area contributed by atoms with Gasteiger partial charge in [0, 0.05) is 29.3 Å². The number of hydrogen-bond donors (Lipinski definition) is 1. The molecule has 20 heavy (non-hydrogen) atoms. The van der Waals surface area contributed by atoms with Gasteiger partial charge in [-0.15, -0.1) is 0 Å². The molecule has 2 unspecified atom stereocenters. The lowest BCUT2D eigenvalue weighted by Gasteiger charge is -2.29. The number of nitrogens with one attached hydrogen (secondary N) is 1. The van der Waals surface area contributed by atoms with Crippen LogP contribution in [-0.2, 0) is 4.74 Å². The number of benzene rings is 1. The highest BCUT2D eigenvalue weighted by Crippen LogP contribution is 2.33. The third-order valence-electron chi connectivity index (χ3n) is 3.80. The van der Waals surface area contributed by atoms with Crippen LogP contribution in [0.5, 0.6) is 0 Å². The number of ether oxygens (including phenoxy) is 1. The van der Waals surface area contributed by atoms with E-state index >= 15 is 0 Å². The molecule has 6 heteroatoms. The molecule has 1 aliphatic rings. The summed E-state index contributed by atoms with van der Waals surface area (Å²) in [5.74, 6) is 0. The average molecular weight is 343 g/mol. The zero-order valence-electron chi connectivity index (χ0n) is 11.7. The molecule has 0 aromatic heterocycles. The van der Waals surface area contributed by atoms with Crippen molar-refractivity contribution in [1.82, 2.24) is 0 Å². The van der Waals surface area contributed by atoms with E-state index in [9.17, 15) is 10.1 Å². The minimum atomic E-state index is -0.341. The van der Waals surface area contributed by atoms with Crippen LogP contribution in [0.2, 0.25) is 0 Å². The van der Waals surface area contributed by atoms with Gasteiger partial charge in [-0.25, -0.2) is 0 Å². The third-order valence-corrected chi connectivity index (χ3v) is 4.46. The number of hydrogen-bond acceptors (Lipinski definition) is 4. The molecular formula is C14H19BrN2O3. The Morgan fingerprint density at radius 1 is 1.45 bits per heavy atom. The fourth-order valence-electron chi connectivity index (χ4n) is 2.68. The van der Waals surface area contributed by atoms with Gasteiger partial charge in [0.2, 0.25) is 0 Å². The first-order valence-corrected chi connectivity index (χ1v) is 7.54. The van der Waals surface area contributed by atoms with Crippen molar-refractivity contribution in [2.45, 2.75) is 44.8 Å². The fourth-order valence-corrected chi connectivity index (χ4v) is 3.25. The van der Waals surface area contributed by atoms with Crippen LogP contribution in [0.4, 0.5) is 11.4 Å². The lowest BCUT2D eigenvalue weighted by molar-refractivity contribution is -0.385. The van der Waals surface area contributed by atoms with Crippen LogP contribution in [0, 0.1) is 17.0 Å². The van der Waals surface area contributed by atoms with Crippen molar-refractivity contribution in [1.29, 1.82) is 0 Å². The lowest BCUT2D eigenvalue weighted by atomic mass is 9.92. The molecule has 1 saturated carbocycles. The average Bonchev–Trinajstić information content (AvgIpc) is 2.41. The zero-order chi connectivity index (χ0) is 14.7.